The van der Waals surface area contributed by atoms with Gasteiger partial charge in [-0.2, -0.15) is 0 Å². The van der Waals surface area contributed by atoms with Crippen LogP contribution in [0.15, 0.2) is 6.20 Å². The minimum Gasteiger partial charge on any atom is -0.339 e. The molecule has 2 rings (SSSR count). The molecule has 1 atom stereocenters. The molecule has 2 N–H and O–H groups in total. The Morgan fingerprint density at radius 1 is 1.25 bits per heavy atom. The van der Waals surface area contributed by atoms with Gasteiger partial charge in [-0.3, -0.25) is 9.69 Å². The van der Waals surface area contributed by atoms with Gasteiger partial charge in [-0.1, -0.05) is 20.8 Å². The van der Waals surface area contributed by atoms with Gasteiger partial charge in [0.1, 0.15) is 0 Å². The Bertz CT molecular complexity index is 499. The molecule has 1 aromatic heterocycles. The van der Waals surface area contributed by atoms with Crippen molar-refractivity contribution in [1.29, 1.82) is 0 Å². The number of hydrogen-bond donors (Lipinski definition) is 1. The van der Waals surface area contributed by atoms with Crippen molar-refractivity contribution in [2.24, 2.45) is 11.1 Å². The summed E-state index contributed by atoms with van der Waals surface area (Å²) in [5.41, 5.74) is 5.89. The maximum Gasteiger partial charge on any atom is 0.240 e. The maximum absolute atomic E-state index is 12.4. The van der Waals surface area contributed by atoms with E-state index < -0.39 is 6.04 Å². The summed E-state index contributed by atoms with van der Waals surface area (Å²) in [7, 11) is 0. The molecular weight excluding hydrogens is 391 g/mol. The van der Waals surface area contributed by atoms with Gasteiger partial charge >= 0.3 is 0 Å². The van der Waals surface area contributed by atoms with E-state index >= 15 is 0 Å². The molecule has 9 heteroatoms. The number of piperazine rings is 1. The zero-order chi connectivity index (χ0) is 15.6. The van der Waals surface area contributed by atoms with Crippen molar-refractivity contribution in [3.8, 4) is 0 Å². The maximum atomic E-state index is 12.4. The third-order valence-electron chi connectivity index (χ3n) is 3.93. The number of nitrogens with zero attached hydrogens (tertiary/aromatic N) is 3. The summed E-state index contributed by atoms with van der Waals surface area (Å²) in [6.45, 7) is 12.3. The average molecular weight is 420 g/mol. The van der Waals surface area contributed by atoms with Crippen LogP contribution in [0, 0.1) is 12.3 Å². The fourth-order valence-corrected chi connectivity index (χ4v) is 3.23. The topological polar surface area (TPSA) is 62.5 Å². The molecule has 1 saturated heterocycles. The van der Waals surface area contributed by atoms with Crippen LogP contribution in [0.25, 0.3) is 0 Å². The minimum absolute atomic E-state index is 0. The van der Waals surface area contributed by atoms with E-state index in [9.17, 15) is 4.79 Å². The molecular formula is C15H29Cl3N4OS. The number of rotatable bonds is 3. The van der Waals surface area contributed by atoms with Gasteiger partial charge in [-0.15, -0.1) is 48.6 Å². The van der Waals surface area contributed by atoms with Crippen molar-refractivity contribution in [3.63, 3.8) is 0 Å². The second-order valence-electron chi connectivity index (χ2n) is 6.79. The molecule has 2 heterocycles. The summed E-state index contributed by atoms with van der Waals surface area (Å²) in [5.74, 6) is 0.0794. The van der Waals surface area contributed by atoms with Crippen molar-refractivity contribution in [2.45, 2.75) is 40.3 Å². The van der Waals surface area contributed by atoms with Gasteiger partial charge in [0.05, 0.1) is 11.0 Å². The van der Waals surface area contributed by atoms with E-state index in [1.54, 1.807) is 11.3 Å². The molecule has 1 aromatic rings. The molecule has 0 saturated carbocycles. The van der Waals surface area contributed by atoms with E-state index in [-0.39, 0.29) is 48.5 Å². The smallest absolute Gasteiger partial charge is 0.240 e. The van der Waals surface area contributed by atoms with E-state index in [4.69, 9.17) is 5.73 Å². The van der Waals surface area contributed by atoms with Crippen LogP contribution in [0.3, 0.4) is 0 Å². The number of amides is 1. The predicted molar refractivity (Wildman–Crippen MR) is 108 cm³/mol. The van der Waals surface area contributed by atoms with Crippen molar-refractivity contribution >= 4 is 54.5 Å². The molecule has 1 fully saturated rings. The Balaban J connectivity index is 0. The van der Waals surface area contributed by atoms with Gasteiger partial charge in [0, 0.05) is 43.8 Å². The standard InChI is InChI=1S/C15H26N4OS.3ClH/c1-11-17-9-12(21-11)10-18-5-7-19(8-6-18)14(20)13(16)15(2,3)4;;;/h9,13H,5-8,10,16H2,1-4H3;3*1H/t13-;;;/m1.../s1. The summed E-state index contributed by atoms with van der Waals surface area (Å²) < 4.78 is 0. The molecule has 0 spiro atoms. The summed E-state index contributed by atoms with van der Waals surface area (Å²) in [4.78, 5) is 22.2. The lowest BCUT2D eigenvalue weighted by Gasteiger charge is -2.38. The van der Waals surface area contributed by atoms with Gasteiger partial charge in [-0.25, -0.2) is 4.98 Å². The van der Waals surface area contributed by atoms with E-state index in [0.29, 0.717) is 0 Å². The molecule has 1 amide bonds. The lowest BCUT2D eigenvalue weighted by molar-refractivity contribution is -0.136. The van der Waals surface area contributed by atoms with E-state index in [1.165, 1.54) is 4.88 Å². The van der Waals surface area contributed by atoms with Crippen LogP contribution in [-0.4, -0.2) is 52.9 Å². The highest BCUT2D eigenvalue weighted by atomic mass is 35.5. The molecule has 142 valence electrons. The molecule has 0 aliphatic carbocycles. The number of hydrogen-bond acceptors (Lipinski definition) is 5. The highest BCUT2D eigenvalue weighted by molar-refractivity contribution is 7.11. The first-order valence-corrected chi connectivity index (χ1v) is 8.27. The number of thiazole rings is 1. The molecule has 1 aliphatic heterocycles. The van der Waals surface area contributed by atoms with Crippen molar-refractivity contribution in [2.75, 3.05) is 26.2 Å². The Morgan fingerprint density at radius 3 is 2.21 bits per heavy atom. The fourth-order valence-electron chi connectivity index (χ4n) is 2.39. The molecule has 5 nitrogen and oxygen atoms in total. The molecule has 0 bridgehead atoms. The number of carbonyl (C=O) groups excluding carboxylic acids is 1. The zero-order valence-electron chi connectivity index (χ0n) is 14.7. The second-order valence-corrected chi connectivity index (χ2v) is 8.11. The van der Waals surface area contributed by atoms with Crippen molar-refractivity contribution < 1.29 is 4.79 Å². The van der Waals surface area contributed by atoms with Gasteiger partial charge in [-0.05, 0) is 12.3 Å². The summed E-state index contributed by atoms with van der Waals surface area (Å²) in [6, 6.07) is -0.423. The largest absolute Gasteiger partial charge is 0.339 e. The number of nitrogens with two attached hydrogens (primary N) is 1. The normalized spacial score (nSPS) is 16.5. The molecule has 1 aliphatic rings. The van der Waals surface area contributed by atoms with E-state index in [1.807, 2.05) is 38.8 Å². The number of halogens is 3. The van der Waals surface area contributed by atoms with Gasteiger partial charge in [0.15, 0.2) is 0 Å². The summed E-state index contributed by atoms with van der Waals surface area (Å²) in [6.07, 6.45) is 1.95. The highest BCUT2D eigenvalue weighted by Gasteiger charge is 2.32. The zero-order valence-corrected chi connectivity index (χ0v) is 17.9. The summed E-state index contributed by atoms with van der Waals surface area (Å²) >= 11 is 1.74. The molecule has 0 aromatic carbocycles. The molecule has 0 radical (unpaired) electrons. The van der Waals surface area contributed by atoms with Crippen LogP contribution in [0.4, 0.5) is 0 Å². The van der Waals surface area contributed by atoms with E-state index in [2.05, 4.69) is 9.88 Å². The SMILES string of the molecule is Cc1ncc(CN2CCN(C(=O)[C@@H](N)C(C)(C)C)CC2)s1.Cl.Cl.Cl. The number of aromatic nitrogens is 1. The minimum atomic E-state index is -0.423. The lowest BCUT2D eigenvalue weighted by atomic mass is 9.86. The Morgan fingerprint density at radius 2 is 1.79 bits per heavy atom. The van der Waals surface area contributed by atoms with Gasteiger partial charge < -0.3 is 10.6 Å². The Labute approximate surface area is 167 Å². The first-order valence-electron chi connectivity index (χ1n) is 7.45. The van der Waals surface area contributed by atoms with Gasteiger partial charge in [0.25, 0.3) is 0 Å². The van der Waals surface area contributed by atoms with Crippen molar-refractivity contribution in [1.82, 2.24) is 14.8 Å². The second kappa shape index (κ2) is 10.8. The molecule has 0 unspecified atom stereocenters. The van der Waals surface area contributed by atoms with Crippen LogP contribution in [0.5, 0.6) is 0 Å². The molecule has 24 heavy (non-hydrogen) atoms. The number of carbonyl (C=O) groups is 1. The monoisotopic (exact) mass is 418 g/mol. The van der Waals surface area contributed by atoms with Crippen LogP contribution in [0.1, 0.15) is 30.7 Å². The van der Waals surface area contributed by atoms with E-state index in [0.717, 1.165) is 37.7 Å². The van der Waals surface area contributed by atoms with Crippen LogP contribution < -0.4 is 5.73 Å². The Hall–Kier alpha value is -0.110. The average Bonchev–Trinajstić information content (AvgIpc) is 2.82. The Kier molecular flexibility index (Phi) is 11.7. The third-order valence-corrected chi connectivity index (χ3v) is 4.83. The summed E-state index contributed by atoms with van der Waals surface area (Å²) in [5, 5.41) is 1.11. The third kappa shape index (κ3) is 7.02. The van der Waals surface area contributed by atoms with Gasteiger partial charge in [0.2, 0.25) is 5.91 Å². The first kappa shape index (κ1) is 26.1. The van der Waals surface area contributed by atoms with Crippen molar-refractivity contribution in [3.05, 3.63) is 16.1 Å². The lowest BCUT2D eigenvalue weighted by Crippen LogP contribution is -2.55. The van der Waals surface area contributed by atoms with Crippen LogP contribution in [0.2, 0.25) is 0 Å². The van der Waals surface area contributed by atoms with Crippen LogP contribution >= 0.6 is 48.6 Å². The van der Waals surface area contributed by atoms with Crippen LogP contribution in [-0.2, 0) is 11.3 Å². The predicted octanol–water partition coefficient (Wildman–Crippen LogP) is 2.73. The quantitative estimate of drug-likeness (QED) is 0.818. The number of aryl methyl sites for hydroxylation is 1. The first-order chi connectivity index (χ1) is 9.77. The highest BCUT2D eigenvalue weighted by Crippen LogP contribution is 2.20. The fraction of sp³-hybridized carbons (Fsp3) is 0.733.